The Kier molecular flexibility index (Phi) is 3.87. The molecule has 0 aliphatic heterocycles. The van der Waals surface area contributed by atoms with Crippen LogP contribution in [0.5, 0.6) is 0 Å². The van der Waals surface area contributed by atoms with Crippen LogP contribution in [0.25, 0.3) is 0 Å². The molecule has 0 amide bonds. The van der Waals surface area contributed by atoms with Gasteiger partial charge in [0.1, 0.15) is 0 Å². The monoisotopic (exact) mass is 266 g/mol. The Morgan fingerprint density at radius 2 is 2.11 bits per heavy atom. The summed E-state index contributed by atoms with van der Waals surface area (Å²) in [5.41, 5.74) is 3.44. The maximum atomic E-state index is 10.8. The highest BCUT2D eigenvalue weighted by Crippen LogP contribution is 2.35. The van der Waals surface area contributed by atoms with Gasteiger partial charge in [-0.25, -0.2) is 0 Å². The molecule has 104 valence electrons. The molecule has 7 heteroatoms. The number of hydrazine groups is 1. The van der Waals surface area contributed by atoms with Gasteiger partial charge < -0.3 is 15.5 Å². The molecule has 2 rings (SSSR count). The predicted molar refractivity (Wildman–Crippen MR) is 73.0 cm³/mol. The van der Waals surface area contributed by atoms with Crippen LogP contribution in [0.4, 0.5) is 17.1 Å². The number of nitro benzene ring substituents is 1. The zero-order chi connectivity index (χ0) is 13.9. The molecule has 0 radical (unpaired) electrons. The second kappa shape index (κ2) is 5.41. The number of nitrogens with two attached hydrogens (primary N) is 1. The van der Waals surface area contributed by atoms with Gasteiger partial charge in [-0.05, 0) is 25.3 Å². The number of non-ortho nitro benzene ring substituents is 1. The fourth-order valence-electron chi connectivity index (χ4n) is 2.19. The summed E-state index contributed by atoms with van der Waals surface area (Å²) in [5, 5.41) is 14.0. The molecule has 0 spiro atoms. The number of nitrogens with one attached hydrogen (secondary N) is 2. The lowest BCUT2D eigenvalue weighted by Gasteiger charge is -2.40. The number of benzene rings is 1. The zero-order valence-corrected chi connectivity index (χ0v) is 10.8. The van der Waals surface area contributed by atoms with Crippen LogP contribution in [0, 0.1) is 10.1 Å². The summed E-state index contributed by atoms with van der Waals surface area (Å²) < 4.78 is 5.49. The quantitative estimate of drug-likeness (QED) is 0.412. The predicted octanol–water partition coefficient (Wildman–Crippen LogP) is 1.86. The molecule has 7 nitrogen and oxygen atoms in total. The Morgan fingerprint density at radius 1 is 1.42 bits per heavy atom. The Hall–Kier alpha value is -1.86. The summed E-state index contributed by atoms with van der Waals surface area (Å²) in [6, 6.07) is 4.61. The van der Waals surface area contributed by atoms with Gasteiger partial charge in [0, 0.05) is 31.5 Å². The Labute approximate surface area is 111 Å². The summed E-state index contributed by atoms with van der Waals surface area (Å²) in [5.74, 6) is 5.31. The molecular weight excluding hydrogens is 248 g/mol. The Balaban J connectivity index is 2.11. The van der Waals surface area contributed by atoms with Crippen molar-refractivity contribution in [1.82, 2.24) is 0 Å². The van der Waals surface area contributed by atoms with Crippen molar-refractivity contribution in [3.63, 3.8) is 0 Å². The van der Waals surface area contributed by atoms with Crippen LogP contribution >= 0.6 is 0 Å². The Bertz CT molecular complexity index is 469. The number of nitro groups is 1. The van der Waals surface area contributed by atoms with Gasteiger partial charge in [0.25, 0.3) is 5.69 Å². The van der Waals surface area contributed by atoms with Crippen LogP contribution in [-0.4, -0.2) is 24.2 Å². The fraction of sp³-hybridized carbons (Fsp3) is 0.500. The van der Waals surface area contributed by atoms with Crippen LogP contribution in [0.3, 0.4) is 0 Å². The number of methoxy groups -OCH3 is 1. The third kappa shape index (κ3) is 2.94. The first-order valence-corrected chi connectivity index (χ1v) is 6.14. The van der Waals surface area contributed by atoms with Crippen molar-refractivity contribution in [3.05, 3.63) is 28.3 Å². The van der Waals surface area contributed by atoms with Gasteiger partial charge >= 0.3 is 0 Å². The lowest BCUT2D eigenvalue weighted by molar-refractivity contribution is -0.384. The second-order valence-corrected chi connectivity index (χ2v) is 4.76. The summed E-state index contributed by atoms with van der Waals surface area (Å²) >= 11 is 0. The first-order valence-electron chi connectivity index (χ1n) is 6.14. The van der Waals surface area contributed by atoms with Crippen molar-refractivity contribution in [2.24, 2.45) is 5.84 Å². The van der Waals surface area contributed by atoms with Crippen LogP contribution in [0.15, 0.2) is 18.2 Å². The smallest absolute Gasteiger partial charge is 0.273 e. The number of rotatable bonds is 6. The van der Waals surface area contributed by atoms with E-state index in [9.17, 15) is 10.1 Å². The molecule has 0 atom stereocenters. The Morgan fingerprint density at radius 3 is 2.58 bits per heavy atom. The second-order valence-electron chi connectivity index (χ2n) is 4.76. The van der Waals surface area contributed by atoms with E-state index in [0.717, 1.165) is 19.3 Å². The van der Waals surface area contributed by atoms with E-state index >= 15 is 0 Å². The maximum absolute atomic E-state index is 10.8. The number of nitrogen functional groups attached to an aromatic ring is 1. The lowest BCUT2D eigenvalue weighted by Crippen LogP contribution is -2.45. The summed E-state index contributed by atoms with van der Waals surface area (Å²) in [7, 11) is 1.70. The molecule has 0 bridgehead atoms. The van der Waals surface area contributed by atoms with E-state index in [0.29, 0.717) is 17.9 Å². The molecule has 1 aromatic rings. The number of hydrogen-bond donors (Lipinski definition) is 3. The third-order valence-electron chi connectivity index (χ3n) is 3.61. The fourth-order valence-corrected chi connectivity index (χ4v) is 2.19. The molecule has 4 N–H and O–H groups in total. The molecular formula is C12H18N4O3. The topological polar surface area (TPSA) is 102 Å². The molecule has 0 saturated heterocycles. The van der Waals surface area contributed by atoms with Gasteiger partial charge in [0.05, 0.1) is 16.2 Å². The van der Waals surface area contributed by atoms with Gasteiger partial charge in [-0.15, -0.1) is 0 Å². The number of anilines is 2. The number of ether oxygens (including phenoxy) is 1. The van der Waals surface area contributed by atoms with E-state index < -0.39 is 4.92 Å². The highest BCUT2D eigenvalue weighted by molar-refractivity contribution is 5.63. The molecule has 1 fully saturated rings. The van der Waals surface area contributed by atoms with E-state index in [1.165, 1.54) is 12.1 Å². The molecule has 19 heavy (non-hydrogen) atoms. The van der Waals surface area contributed by atoms with E-state index in [1.54, 1.807) is 13.2 Å². The van der Waals surface area contributed by atoms with Crippen molar-refractivity contribution in [2.45, 2.75) is 24.9 Å². The SMILES string of the molecule is COC1(CNc2cc(NN)cc([N+](=O)[O-])c2)CCC1. The van der Waals surface area contributed by atoms with Crippen LogP contribution in [-0.2, 0) is 4.74 Å². The number of hydrogen-bond acceptors (Lipinski definition) is 6. The minimum absolute atomic E-state index is 0.00183. The van der Waals surface area contributed by atoms with Crippen LogP contribution in [0.2, 0.25) is 0 Å². The summed E-state index contributed by atoms with van der Waals surface area (Å²) in [4.78, 5) is 10.4. The van der Waals surface area contributed by atoms with E-state index in [4.69, 9.17) is 10.6 Å². The van der Waals surface area contributed by atoms with Gasteiger partial charge in [-0.3, -0.25) is 16.0 Å². The molecule has 1 aliphatic carbocycles. The van der Waals surface area contributed by atoms with Gasteiger partial charge in [-0.1, -0.05) is 0 Å². The number of nitrogens with zero attached hydrogens (tertiary/aromatic N) is 1. The van der Waals surface area contributed by atoms with Gasteiger partial charge in [0.2, 0.25) is 0 Å². The van der Waals surface area contributed by atoms with E-state index in [2.05, 4.69) is 10.7 Å². The molecule has 0 unspecified atom stereocenters. The van der Waals surface area contributed by atoms with Gasteiger partial charge in [0.15, 0.2) is 0 Å². The molecule has 1 saturated carbocycles. The van der Waals surface area contributed by atoms with Crippen molar-refractivity contribution >= 4 is 17.1 Å². The maximum Gasteiger partial charge on any atom is 0.273 e. The van der Waals surface area contributed by atoms with Crippen molar-refractivity contribution in [1.29, 1.82) is 0 Å². The zero-order valence-electron chi connectivity index (χ0n) is 10.8. The molecule has 0 aromatic heterocycles. The third-order valence-corrected chi connectivity index (χ3v) is 3.61. The highest BCUT2D eigenvalue weighted by atomic mass is 16.6. The average molecular weight is 266 g/mol. The normalized spacial score (nSPS) is 16.5. The van der Waals surface area contributed by atoms with Crippen LogP contribution in [0.1, 0.15) is 19.3 Å². The first kappa shape index (κ1) is 13.6. The van der Waals surface area contributed by atoms with Crippen molar-refractivity contribution < 1.29 is 9.66 Å². The van der Waals surface area contributed by atoms with Gasteiger partial charge in [-0.2, -0.15) is 0 Å². The lowest BCUT2D eigenvalue weighted by atomic mass is 9.80. The van der Waals surface area contributed by atoms with Crippen molar-refractivity contribution in [3.8, 4) is 0 Å². The average Bonchev–Trinajstić information content (AvgIpc) is 2.37. The van der Waals surface area contributed by atoms with Crippen LogP contribution < -0.4 is 16.6 Å². The minimum atomic E-state index is -0.443. The standard InChI is InChI=1S/C12H18N4O3/c1-19-12(3-2-4-12)8-14-9-5-10(15-13)7-11(6-9)16(17)18/h5-7,14-15H,2-4,8,13H2,1H3. The van der Waals surface area contributed by atoms with Crippen molar-refractivity contribution in [2.75, 3.05) is 24.4 Å². The van der Waals surface area contributed by atoms with E-state index in [-0.39, 0.29) is 11.3 Å². The first-order chi connectivity index (χ1) is 9.08. The largest absolute Gasteiger partial charge is 0.382 e. The molecule has 1 aliphatic rings. The molecule has 0 heterocycles. The minimum Gasteiger partial charge on any atom is -0.382 e. The molecule has 1 aromatic carbocycles. The highest BCUT2D eigenvalue weighted by Gasteiger charge is 2.36. The van der Waals surface area contributed by atoms with E-state index in [1.807, 2.05) is 0 Å². The summed E-state index contributed by atoms with van der Waals surface area (Å²) in [6.07, 6.45) is 3.17. The summed E-state index contributed by atoms with van der Waals surface area (Å²) in [6.45, 7) is 0.634.